The Morgan fingerprint density at radius 1 is 1.38 bits per heavy atom. The lowest BCUT2D eigenvalue weighted by atomic mass is 10.1. The number of hydrogen-bond acceptors (Lipinski definition) is 3. The van der Waals surface area contributed by atoms with Crippen molar-refractivity contribution < 1.29 is 14.7 Å². The number of aromatic hydroxyl groups is 1. The van der Waals surface area contributed by atoms with E-state index in [0.717, 1.165) is 0 Å². The van der Waals surface area contributed by atoms with Gasteiger partial charge in [0.25, 0.3) is 5.91 Å². The van der Waals surface area contributed by atoms with Crippen molar-refractivity contribution in [2.24, 2.45) is 0 Å². The normalized spacial score (nSPS) is 9.62. The maximum absolute atomic E-state index is 11.6. The minimum Gasteiger partial charge on any atom is -0.508 e. The highest BCUT2D eigenvalue weighted by Crippen LogP contribution is 2.19. The molecule has 0 atom stereocenters. The Hall–Kier alpha value is -2.04. The average Bonchev–Trinajstić information content (AvgIpc) is 2.29. The summed E-state index contributed by atoms with van der Waals surface area (Å²) in [7, 11) is 1.49. The second-order valence-electron chi connectivity index (χ2n) is 3.31. The fourth-order valence-corrected chi connectivity index (χ4v) is 1.21. The summed E-state index contributed by atoms with van der Waals surface area (Å²) >= 11 is 0. The number of rotatable bonds is 3. The molecule has 0 aromatic heterocycles. The molecule has 3 N–H and O–H groups in total. The Kier molecular flexibility index (Phi) is 3.88. The van der Waals surface area contributed by atoms with Gasteiger partial charge in [-0.15, -0.1) is 0 Å². The monoisotopic (exact) mass is 222 g/mol. The first kappa shape index (κ1) is 12.0. The van der Waals surface area contributed by atoms with Gasteiger partial charge in [-0.05, 0) is 19.1 Å². The molecule has 0 saturated carbocycles. The van der Waals surface area contributed by atoms with E-state index in [1.807, 2.05) is 0 Å². The Morgan fingerprint density at radius 2 is 2.06 bits per heavy atom. The predicted molar refractivity (Wildman–Crippen MR) is 59.2 cm³/mol. The SMILES string of the molecule is CNC(=O)CNC(=O)c1cccc(O)c1C. The molecule has 0 saturated heterocycles. The third-order valence-corrected chi connectivity index (χ3v) is 2.24. The average molecular weight is 222 g/mol. The van der Waals surface area contributed by atoms with Gasteiger partial charge in [-0.3, -0.25) is 9.59 Å². The van der Waals surface area contributed by atoms with Crippen LogP contribution in [0, 0.1) is 6.92 Å². The van der Waals surface area contributed by atoms with Crippen LogP contribution in [0.1, 0.15) is 15.9 Å². The molecule has 2 amide bonds. The van der Waals surface area contributed by atoms with Gasteiger partial charge in [-0.25, -0.2) is 0 Å². The lowest BCUT2D eigenvalue weighted by Gasteiger charge is -2.07. The first-order chi connectivity index (χ1) is 7.56. The van der Waals surface area contributed by atoms with Crippen LogP contribution < -0.4 is 10.6 Å². The molecular formula is C11H14N2O3. The molecule has 0 bridgehead atoms. The summed E-state index contributed by atoms with van der Waals surface area (Å²) in [4.78, 5) is 22.6. The minimum atomic E-state index is -0.378. The van der Waals surface area contributed by atoms with Crippen molar-refractivity contribution in [3.8, 4) is 5.75 Å². The van der Waals surface area contributed by atoms with Crippen molar-refractivity contribution in [1.29, 1.82) is 0 Å². The highest BCUT2D eigenvalue weighted by atomic mass is 16.3. The molecule has 1 aromatic rings. The van der Waals surface area contributed by atoms with Crippen molar-refractivity contribution in [2.45, 2.75) is 6.92 Å². The number of hydrogen-bond donors (Lipinski definition) is 3. The molecule has 0 spiro atoms. The molecule has 5 heteroatoms. The fourth-order valence-electron chi connectivity index (χ4n) is 1.21. The largest absolute Gasteiger partial charge is 0.508 e. The van der Waals surface area contributed by atoms with Crippen molar-refractivity contribution >= 4 is 11.8 Å². The first-order valence-corrected chi connectivity index (χ1v) is 4.83. The Bertz CT molecular complexity index is 416. The van der Waals surface area contributed by atoms with Gasteiger partial charge in [-0.2, -0.15) is 0 Å². The summed E-state index contributed by atoms with van der Waals surface area (Å²) in [5.41, 5.74) is 0.862. The molecule has 0 fully saturated rings. The van der Waals surface area contributed by atoms with Crippen LogP contribution in [0.4, 0.5) is 0 Å². The van der Waals surface area contributed by atoms with Crippen molar-refractivity contribution in [3.63, 3.8) is 0 Å². The van der Waals surface area contributed by atoms with Crippen molar-refractivity contribution in [3.05, 3.63) is 29.3 Å². The van der Waals surface area contributed by atoms with Crippen molar-refractivity contribution in [1.82, 2.24) is 10.6 Å². The third-order valence-electron chi connectivity index (χ3n) is 2.24. The number of carbonyl (C=O) groups is 2. The number of phenolic OH excluding ortho intramolecular Hbond substituents is 1. The van der Waals surface area contributed by atoms with E-state index >= 15 is 0 Å². The van der Waals surface area contributed by atoms with Crippen LogP contribution in [0.3, 0.4) is 0 Å². The Labute approximate surface area is 93.5 Å². The summed E-state index contributed by atoms with van der Waals surface area (Å²) < 4.78 is 0. The molecule has 0 aliphatic carbocycles. The molecule has 86 valence electrons. The predicted octanol–water partition coefficient (Wildman–Crippen LogP) is 0.176. The standard InChI is InChI=1S/C11H14N2O3/c1-7-8(4-3-5-9(7)14)11(16)13-6-10(15)12-2/h3-5,14H,6H2,1-2H3,(H,12,15)(H,13,16). The lowest BCUT2D eigenvalue weighted by molar-refractivity contribution is -0.119. The summed E-state index contributed by atoms with van der Waals surface area (Å²) in [6, 6.07) is 4.68. The van der Waals surface area contributed by atoms with Crippen LogP contribution in [0.5, 0.6) is 5.75 Å². The second-order valence-corrected chi connectivity index (χ2v) is 3.31. The zero-order chi connectivity index (χ0) is 12.1. The van der Waals surface area contributed by atoms with Gasteiger partial charge in [0.2, 0.25) is 5.91 Å². The molecule has 0 aliphatic rings. The Balaban J connectivity index is 2.74. The summed E-state index contributed by atoms with van der Waals surface area (Å²) in [5, 5.41) is 14.3. The van der Waals surface area contributed by atoms with Gasteiger partial charge in [0, 0.05) is 18.2 Å². The van der Waals surface area contributed by atoms with Gasteiger partial charge in [0.05, 0.1) is 6.54 Å². The first-order valence-electron chi connectivity index (χ1n) is 4.83. The van der Waals surface area contributed by atoms with E-state index < -0.39 is 0 Å². The number of phenols is 1. The molecule has 0 aliphatic heterocycles. The van der Waals surface area contributed by atoms with E-state index in [1.165, 1.54) is 13.1 Å². The van der Waals surface area contributed by atoms with Crippen LogP contribution >= 0.6 is 0 Å². The van der Waals surface area contributed by atoms with E-state index in [1.54, 1.807) is 19.1 Å². The highest BCUT2D eigenvalue weighted by molar-refractivity contribution is 5.98. The van der Waals surface area contributed by atoms with Gasteiger partial charge in [0.1, 0.15) is 5.75 Å². The van der Waals surface area contributed by atoms with Gasteiger partial charge in [0.15, 0.2) is 0 Å². The van der Waals surface area contributed by atoms with Crippen LogP contribution in [0.25, 0.3) is 0 Å². The van der Waals surface area contributed by atoms with Crippen LogP contribution in [-0.4, -0.2) is 30.5 Å². The zero-order valence-corrected chi connectivity index (χ0v) is 9.20. The number of carbonyl (C=O) groups excluding carboxylic acids is 2. The molecule has 16 heavy (non-hydrogen) atoms. The number of nitrogens with one attached hydrogen (secondary N) is 2. The minimum absolute atomic E-state index is 0.0626. The van der Waals surface area contributed by atoms with Gasteiger partial charge >= 0.3 is 0 Å². The molecule has 1 aromatic carbocycles. The number of amides is 2. The maximum atomic E-state index is 11.6. The summed E-state index contributed by atoms with van der Waals surface area (Å²) in [6.45, 7) is 1.56. The molecule has 1 rings (SSSR count). The second kappa shape index (κ2) is 5.16. The smallest absolute Gasteiger partial charge is 0.252 e. The molecule has 0 radical (unpaired) electrons. The number of benzene rings is 1. The van der Waals surface area contributed by atoms with Crippen LogP contribution in [-0.2, 0) is 4.79 Å². The van der Waals surface area contributed by atoms with E-state index in [2.05, 4.69) is 10.6 Å². The van der Waals surface area contributed by atoms with E-state index in [0.29, 0.717) is 11.1 Å². The van der Waals surface area contributed by atoms with Gasteiger partial charge in [-0.1, -0.05) is 6.07 Å². The van der Waals surface area contributed by atoms with Crippen LogP contribution in [0.2, 0.25) is 0 Å². The summed E-state index contributed by atoms with van der Waals surface area (Å²) in [5.74, 6) is -0.587. The summed E-state index contributed by atoms with van der Waals surface area (Å²) in [6.07, 6.45) is 0. The molecule has 0 unspecified atom stereocenters. The molecule has 0 heterocycles. The van der Waals surface area contributed by atoms with Crippen LogP contribution in [0.15, 0.2) is 18.2 Å². The zero-order valence-electron chi connectivity index (χ0n) is 9.20. The number of likely N-dealkylation sites (N-methyl/N-ethyl adjacent to an activating group) is 1. The Morgan fingerprint density at radius 3 is 2.69 bits per heavy atom. The van der Waals surface area contributed by atoms with E-state index in [9.17, 15) is 14.7 Å². The molecule has 5 nitrogen and oxygen atoms in total. The molecular weight excluding hydrogens is 208 g/mol. The topological polar surface area (TPSA) is 78.4 Å². The van der Waals surface area contributed by atoms with Gasteiger partial charge < -0.3 is 15.7 Å². The quantitative estimate of drug-likeness (QED) is 0.682. The lowest BCUT2D eigenvalue weighted by Crippen LogP contribution is -2.35. The fraction of sp³-hybridized carbons (Fsp3) is 0.273. The highest BCUT2D eigenvalue weighted by Gasteiger charge is 2.11. The van der Waals surface area contributed by atoms with E-state index in [-0.39, 0.29) is 24.1 Å². The van der Waals surface area contributed by atoms with E-state index in [4.69, 9.17) is 0 Å². The third kappa shape index (κ3) is 2.73. The van der Waals surface area contributed by atoms with Crippen molar-refractivity contribution in [2.75, 3.05) is 13.6 Å². The maximum Gasteiger partial charge on any atom is 0.252 e.